The van der Waals surface area contributed by atoms with Crippen LogP contribution in [0.3, 0.4) is 0 Å². The van der Waals surface area contributed by atoms with Gasteiger partial charge in [0.1, 0.15) is 17.8 Å². The number of halogens is 2. The Bertz CT molecular complexity index is 929. The number of nitrogens with one attached hydrogen (secondary N) is 2. The van der Waals surface area contributed by atoms with Crippen LogP contribution in [0, 0.1) is 17.2 Å². The van der Waals surface area contributed by atoms with Crippen molar-refractivity contribution in [2.24, 2.45) is 5.92 Å². The normalized spacial score (nSPS) is 12.5. The van der Waals surface area contributed by atoms with Crippen LogP contribution in [0.4, 0.5) is 0 Å². The molecule has 0 aliphatic heterocycles. The second kappa shape index (κ2) is 12.2. The molecule has 0 spiro atoms. The van der Waals surface area contributed by atoms with Crippen molar-refractivity contribution in [1.82, 2.24) is 10.6 Å². The summed E-state index contributed by atoms with van der Waals surface area (Å²) in [7, 11) is 0. The lowest BCUT2D eigenvalue weighted by Crippen LogP contribution is -2.51. The Kier molecular flexibility index (Phi) is 9.64. The Balaban J connectivity index is 1.96. The van der Waals surface area contributed by atoms with E-state index < -0.39 is 23.9 Å². The van der Waals surface area contributed by atoms with E-state index in [-0.39, 0.29) is 17.5 Å². The van der Waals surface area contributed by atoms with Crippen molar-refractivity contribution >= 4 is 35.0 Å². The van der Waals surface area contributed by atoms with Crippen LogP contribution >= 0.6 is 23.2 Å². The van der Waals surface area contributed by atoms with Crippen LogP contribution in [-0.4, -0.2) is 30.5 Å². The topological polar surface area (TPSA) is 91.2 Å². The lowest BCUT2D eigenvalue weighted by Gasteiger charge is -2.22. The SMILES string of the molecule is CC(C)C[C@H](NC(=O)COc1ccc(Cl)cc1Cl)C(=O)N[C@H](C#N)Cc1ccccc1. The van der Waals surface area contributed by atoms with Gasteiger partial charge in [-0.2, -0.15) is 5.26 Å². The first-order valence-electron chi connectivity index (χ1n) is 9.89. The molecule has 0 aliphatic carbocycles. The largest absolute Gasteiger partial charge is 0.482 e. The van der Waals surface area contributed by atoms with Crippen molar-refractivity contribution in [2.75, 3.05) is 6.61 Å². The van der Waals surface area contributed by atoms with E-state index in [2.05, 4.69) is 16.7 Å². The molecule has 2 aromatic rings. The number of carbonyl (C=O) groups is 2. The molecule has 0 saturated carbocycles. The fourth-order valence-electron chi connectivity index (χ4n) is 2.93. The summed E-state index contributed by atoms with van der Waals surface area (Å²) >= 11 is 11.9. The molecule has 164 valence electrons. The molecular weight excluding hydrogens is 437 g/mol. The maximum atomic E-state index is 12.8. The Hall–Kier alpha value is -2.75. The van der Waals surface area contributed by atoms with Crippen LogP contribution in [-0.2, 0) is 16.0 Å². The van der Waals surface area contributed by atoms with Crippen LogP contribution in [0.5, 0.6) is 5.75 Å². The van der Waals surface area contributed by atoms with Gasteiger partial charge in [-0.05, 0) is 36.1 Å². The fraction of sp³-hybridized carbons (Fsp3) is 0.348. The van der Waals surface area contributed by atoms with Gasteiger partial charge in [0.2, 0.25) is 5.91 Å². The van der Waals surface area contributed by atoms with Gasteiger partial charge in [-0.15, -0.1) is 0 Å². The molecule has 0 fully saturated rings. The highest BCUT2D eigenvalue weighted by atomic mass is 35.5. The number of amides is 2. The van der Waals surface area contributed by atoms with Gasteiger partial charge in [0.15, 0.2) is 6.61 Å². The molecule has 0 aliphatic rings. The minimum Gasteiger partial charge on any atom is -0.482 e. The van der Waals surface area contributed by atoms with Crippen LogP contribution in [0.2, 0.25) is 10.0 Å². The lowest BCUT2D eigenvalue weighted by atomic mass is 10.0. The molecule has 0 aromatic heterocycles. The summed E-state index contributed by atoms with van der Waals surface area (Å²) in [5, 5.41) is 15.6. The van der Waals surface area contributed by atoms with Crippen LogP contribution in [0.15, 0.2) is 48.5 Å². The van der Waals surface area contributed by atoms with Crippen LogP contribution in [0.25, 0.3) is 0 Å². The Morgan fingerprint density at radius 3 is 2.42 bits per heavy atom. The third-order valence-electron chi connectivity index (χ3n) is 4.37. The van der Waals surface area contributed by atoms with Gasteiger partial charge in [-0.25, -0.2) is 0 Å². The molecular formula is C23H25Cl2N3O3. The Morgan fingerprint density at radius 2 is 1.81 bits per heavy atom. The predicted molar refractivity (Wildman–Crippen MR) is 121 cm³/mol. The molecule has 2 amide bonds. The van der Waals surface area contributed by atoms with Crippen molar-refractivity contribution in [3.05, 3.63) is 64.1 Å². The summed E-state index contributed by atoms with van der Waals surface area (Å²) in [5.74, 6) is -0.409. The summed E-state index contributed by atoms with van der Waals surface area (Å²) in [6, 6.07) is 14.7. The third kappa shape index (κ3) is 8.49. The molecule has 0 unspecified atom stereocenters. The van der Waals surface area contributed by atoms with Gasteiger partial charge in [-0.3, -0.25) is 9.59 Å². The predicted octanol–water partition coefficient (Wildman–Crippen LogP) is 4.15. The highest BCUT2D eigenvalue weighted by Crippen LogP contribution is 2.27. The van der Waals surface area contributed by atoms with Crippen molar-refractivity contribution in [1.29, 1.82) is 5.26 Å². The van der Waals surface area contributed by atoms with Gasteiger partial charge in [0, 0.05) is 11.4 Å². The first-order valence-corrected chi connectivity index (χ1v) is 10.6. The summed E-state index contributed by atoms with van der Waals surface area (Å²) in [6.07, 6.45) is 0.798. The molecule has 8 heteroatoms. The average Bonchev–Trinajstić information content (AvgIpc) is 2.72. The minimum absolute atomic E-state index is 0.150. The van der Waals surface area contributed by atoms with Gasteiger partial charge >= 0.3 is 0 Å². The number of ether oxygens (including phenoxy) is 1. The quantitative estimate of drug-likeness (QED) is 0.555. The summed E-state index contributed by atoms with van der Waals surface area (Å²) < 4.78 is 5.43. The number of nitrogens with zero attached hydrogens (tertiary/aromatic N) is 1. The second-order valence-electron chi connectivity index (χ2n) is 7.49. The molecule has 0 heterocycles. The number of hydrogen-bond donors (Lipinski definition) is 2. The van der Waals surface area contributed by atoms with Crippen molar-refractivity contribution in [2.45, 2.75) is 38.8 Å². The van der Waals surface area contributed by atoms with Crippen LogP contribution in [0.1, 0.15) is 25.8 Å². The van der Waals surface area contributed by atoms with E-state index in [0.29, 0.717) is 23.6 Å². The summed E-state index contributed by atoms with van der Waals surface area (Å²) in [6.45, 7) is 3.58. The molecule has 31 heavy (non-hydrogen) atoms. The van der Waals surface area contributed by atoms with E-state index in [9.17, 15) is 14.9 Å². The Morgan fingerprint density at radius 1 is 1.10 bits per heavy atom. The van der Waals surface area contributed by atoms with Crippen LogP contribution < -0.4 is 15.4 Å². The molecule has 2 atom stereocenters. The molecule has 0 radical (unpaired) electrons. The van der Waals surface area contributed by atoms with Gasteiger partial charge in [-0.1, -0.05) is 67.4 Å². The molecule has 0 bridgehead atoms. The van der Waals surface area contributed by atoms with E-state index in [1.54, 1.807) is 12.1 Å². The van der Waals surface area contributed by atoms with E-state index in [4.69, 9.17) is 27.9 Å². The molecule has 6 nitrogen and oxygen atoms in total. The van der Waals surface area contributed by atoms with E-state index in [0.717, 1.165) is 5.56 Å². The smallest absolute Gasteiger partial charge is 0.258 e. The second-order valence-corrected chi connectivity index (χ2v) is 8.34. The minimum atomic E-state index is -0.789. The van der Waals surface area contributed by atoms with E-state index in [1.807, 2.05) is 44.2 Å². The fourth-order valence-corrected chi connectivity index (χ4v) is 3.39. The highest BCUT2D eigenvalue weighted by molar-refractivity contribution is 6.35. The highest BCUT2D eigenvalue weighted by Gasteiger charge is 2.24. The number of rotatable bonds is 10. The van der Waals surface area contributed by atoms with Gasteiger partial charge in [0.05, 0.1) is 11.1 Å². The first-order chi connectivity index (χ1) is 14.8. The van der Waals surface area contributed by atoms with Gasteiger partial charge < -0.3 is 15.4 Å². The number of carbonyl (C=O) groups excluding carboxylic acids is 2. The lowest BCUT2D eigenvalue weighted by molar-refractivity contribution is -0.130. The van der Waals surface area contributed by atoms with Crippen molar-refractivity contribution < 1.29 is 14.3 Å². The average molecular weight is 462 g/mol. The summed E-state index contributed by atoms with van der Waals surface area (Å²) in [5.41, 5.74) is 0.937. The summed E-state index contributed by atoms with van der Waals surface area (Å²) in [4.78, 5) is 25.2. The van der Waals surface area contributed by atoms with Gasteiger partial charge in [0.25, 0.3) is 5.91 Å². The van der Waals surface area contributed by atoms with Crippen molar-refractivity contribution in [3.8, 4) is 11.8 Å². The number of benzene rings is 2. The molecule has 2 rings (SSSR count). The van der Waals surface area contributed by atoms with E-state index >= 15 is 0 Å². The number of nitriles is 1. The maximum absolute atomic E-state index is 12.8. The van der Waals surface area contributed by atoms with Crippen molar-refractivity contribution in [3.63, 3.8) is 0 Å². The monoisotopic (exact) mass is 461 g/mol. The Labute approximate surface area is 192 Å². The zero-order valence-electron chi connectivity index (χ0n) is 17.4. The zero-order valence-corrected chi connectivity index (χ0v) is 18.9. The molecule has 0 saturated heterocycles. The zero-order chi connectivity index (χ0) is 22.8. The molecule has 2 aromatic carbocycles. The number of hydrogen-bond acceptors (Lipinski definition) is 4. The third-order valence-corrected chi connectivity index (χ3v) is 4.90. The molecule has 2 N–H and O–H groups in total. The maximum Gasteiger partial charge on any atom is 0.258 e. The standard InChI is InChI=1S/C23H25Cl2N3O3/c1-15(2)10-20(23(30)27-18(13-26)11-16-6-4-3-5-7-16)28-22(29)14-31-21-9-8-17(24)12-19(21)25/h3-9,12,15,18,20H,10-11,14H2,1-2H3,(H,27,30)(H,28,29)/t18-,20-/m0/s1. The van der Waals surface area contributed by atoms with E-state index in [1.165, 1.54) is 6.07 Å². The first kappa shape index (κ1) is 24.5.